The van der Waals surface area contributed by atoms with Crippen LogP contribution in [0.5, 0.6) is 0 Å². The molecule has 0 aliphatic heterocycles. The van der Waals surface area contributed by atoms with Crippen molar-refractivity contribution in [3.05, 3.63) is 91.0 Å². The lowest BCUT2D eigenvalue weighted by Gasteiger charge is -2.27. The maximum absolute atomic E-state index is 11.3. The second-order valence-electron chi connectivity index (χ2n) is 7.00. The summed E-state index contributed by atoms with van der Waals surface area (Å²) in [4.78, 5) is 11.3. The van der Waals surface area contributed by atoms with E-state index in [1.54, 1.807) is 7.05 Å². The first-order valence-corrected chi connectivity index (χ1v) is 12.3. The molecule has 5 heteroatoms. The largest absolute Gasteiger partial charge is 0.376 e. The smallest absolute Gasteiger partial charge is 0.233 e. The van der Waals surface area contributed by atoms with Crippen LogP contribution in [-0.2, 0) is 9.53 Å². The minimum absolute atomic E-state index is 0.0165. The number of likely N-dealkylation sites (N-methyl/N-ethyl adjacent to an activating group) is 1. The van der Waals surface area contributed by atoms with Gasteiger partial charge in [-0.2, -0.15) is 0 Å². The lowest BCUT2D eigenvalue weighted by Crippen LogP contribution is -2.35. The van der Waals surface area contributed by atoms with Crippen molar-refractivity contribution in [2.24, 2.45) is 0 Å². The topological polar surface area (TPSA) is 50.4 Å². The summed E-state index contributed by atoms with van der Waals surface area (Å²) < 4.78 is 6.00. The molecule has 3 aromatic carbocycles. The molecule has 0 saturated heterocycles. The molecule has 2 N–H and O–H groups in total. The lowest BCUT2D eigenvalue weighted by atomic mass is 10.4. The third-order valence-corrected chi connectivity index (χ3v) is 9.54. The van der Waals surface area contributed by atoms with Gasteiger partial charge in [0.1, 0.15) is 23.2 Å². The molecular weight excluding hydrogens is 391 g/mol. The van der Waals surface area contributed by atoms with Crippen molar-refractivity contribution in [1.29, 1.82) is 0 Å². The Kier molecular flexibility index (Phi) is 8.58. The molecule has 0 bridgehead atoms. The Morgan fingerprint density at radius 3 is 1.67 bits per heavy atom. The second kappa shape index (κ2) is 11.6. The summed E-state index contributed by atoms with van der Waals surface area (Å²) in [7, 11) is -0.199. The van der Waals surface area contributed by atoms with Gasteiger partial charge >= 0.3 is 0 Å². The molecule has 0 spiro atoms. The van der Waals surface area contributed by atoms with Crippen molar-refractivity contribution in [2.45, 2.75) is 0 Å². The number of nitrogens with one attached hydrogen (secondary N) is 2. The number of benzene rings is 3. The first kappa shape index (κ1) is 22.2. The predicted molar refractivity (Wildman–Crippen MR) is 128 cm³/mol. The zero-order valence-electron chi connectivity index (χ0n) is 17.5. The SMILES string of the molecule is CNC(=O)CNCCOCC[P+](c1ccccc1)(c1ccccc1)c1ccccc1. The van der Waals surface area contributed by atoms with E-state index in [1.807, 2.05) is 0 Å². The van der Waals surface area contributed by atoms with Crippen LogP contribution in [0.15, 0.2) is 91.0 Å². The van der Waals surface area contributed by atoms with Gasteiger partial charge in [-0.1, -0.05) is 54.6 Å². The number of hydrogen-bond acceptors (Lipinski definition) is 3. The highest BCUT2D eigenvalue weighted by molar-refractivity contribution is 7.95. The predicted octanol–water partition coefficient (Wildman–Crippen LogP) is 2.33. The lowest BCUT2D eigenvalue weighted by molar-refractivity contribution is -0.119. The van der Waals surface area contributed by atoms with Crippen LogP contribution in [0, 0.1) is 0 Å². The molecule has 1 amide bonds. The molecule has 0 aliphatic carbocycles. The van der Waals surface area contributed by atoms with Crippen LogP contribution < -0.4 is 26.5 Å². The maximum Gasteiger partial charge on any atom is 0.233 e. The standard InChI is InChI=1S/C25H29N2O2P/c1-26-25(28)21-27-17-18-29-19-20-30(22-11-5-2-6-12-22,23-13-7-3-8-14-23)24-15-9-4-10-16-24/h2-16,27H,17-21H2,1H3/p+1. The second-order valence-corrected chi connectivity index (χ2v) is 10.6. The average molecular weight is 422 g/mol. The number of amides is 1. The Bertz CT molecular complexity index is 792. The summed E-state index contributed by atoms with van der Waals surface area (Å²) >= 11 is 0. The van der Waals surface area contributed by atoms with Crippen molar-refractivity contribution >= 4 is 29.1 Å². The fourth-order valence-electron chi connectivity index (χ4n) is 3.62. The third-order valence-electron chi connectivity index (χ3n) is 5.15. The van der Waals surface area contributed by atoms with Gasteiger partial charge < -0.3 is 15.4 Å². The molecule has 0 radical (unpaired) electrons. The highest BCUT2D eigenvalue weighted by Gasteiger charge is 2.44. The minimum atomic E-state index is -1.84. The fraction of sp³-hybridized carbons (Fsp3) is 0.240. The van der Waals surface area contributed by atoms with Crippen LogP contribution in [-0.4, -0.2) is 45.4 Å². The van der Waals surface area contributed by atoms with Crippen molar-refractivity contribution in [3.8, 4) is 0 Å². The number of carbonyl (C=O) groups is 1. The van der Waals surface area contributed by atoms with E-state index in [2.05, 4.69) is 102 Å². The number of rotatable bonds is 11. The van der Waals surface area contributed by atoms with Crippen LogP contribution in [0.25, 0.3) is 0 Å². The first-order valence-electron chi connectivity index (χ1n) is 10.3. The van der Waals surface area contributed by atoms with Gasteiger partial charge in [-0.15, -0.1) is 0 Å². The highest BCUT2D eigenvalue weighted by atomic mass is 31.2. The number of carbonyl (C=O) groups excluding carboxylic acids is 1. The Hall–Kier alpha value is -2.52. The molecule has 30 heavy (non-hydrogen) atoms. The number of ether oxygens (including phenoxy) is 1. The van der Waals surface area contributed by atoms with Crippen LogP contribution in [0.1, 0.15) is 0 Å². The Morgan fingerprint density at radius 1 is 0.767 bits per heavy atom. The van der Waals surface area contributed by atoms with Gasteiger partial charge in [-0.3, -0.25) is 4.79 Å². The van der Waals surface area contributed by atoms with Crippen molar-refractivity contribution in [2.75, 3.05) is 39.5 Å². The van der Waals surface area contributed by atoms with Crippen LogP contribution in [0.4, 0.5) is 0 Å². The molecular formula is C25H30N2O2P+. The van der Waals surface area contributed by atoms with E-state index in [0.717, 1.165) is 6.16 Å². The quantitative estimate of drug-likeness (QED) is 0.369. The Labute approximate surface area is 180 Å². The van der Waals surface area contributed by atoms with E-state index >= 15 is 0 Å². The first-order chi connectivity index (χ1) is 14.8. The molecule has 0 saturated carbocycles. The summed E-state index contributed by atoms with van der Waals surface area (Å²) in [5, 5.41) is 9.80. The average Bonchev–Trinajstić information content (AvgIpc) is 2.82. The van der Waals surface area contributed by atoms with Crippen molar-refractivity contribution < 1.29 is 9.53 Å². The number of hydrogen-bond donors (Lipinski definition) is 2. The molecule has 0 atom stereocenters. The molecule has 0 aliphatic rings. The monoisotopic (exact) mass is 421 g/mol. The molecule has 0 unspecified atom stereocenters. The van der Waals surface area contributed by atoms with Gasteiger partial charge in [0.15, 0.2) is 0 Å². The fourth-order valence-corrected chi connectivity index (χ4v) is 7.74. The van der Waals surface area contributed by atoms with E-state index in [-0.39, 0.29) is 5.91 Å². The Morgan fingerprint density at radius 2 is 1.23 bits per heavy atom. The Balaban J connectivity index is 1.80. The zero-order chi connectivity index (χ0) is 21.1. The van der Waals surface area contributed by atoms with E-state index in [4.69, 9.17) is 4.74 Å². The van der Waals surface area contributed by atoms with Gasteiger partial charge in [0.2, 0.25) is 5.91 Å². The van der Waals surface area contributed by atoms with Crippen LogP contribution in [0.2, 0.25) is 0 Å². The summed E-state index contributed by atoms with van der Waals surface area (Å²) in [5.41, 5.74) is 0. The summed E-state index contributed by atoms with van der Waals surface area (Å²) in [5.74, 6) is -0.0165. The normalized spacial score (nSPS) is 11.2. The van der Waals surface area contributed by atoms with Crippen molar-refractivity contribution in [1.82, 2.24) is 10.6 Å². The molecule has 3 rings (SSSR count). The minimum Gasteiger partial charge on any atom is -0.376 e. The van der Waals surface area contributed by atoms with E-state index in [9.17, 15) is 4.79 Å². The zero-order valence-corrected chi connectivity index (χ0v) is 18.4. The van der Waals surface area contributed by atoms with Gasteiger partial charge in [-0.25, -0.2) is 0 Å². The highest BCUT2D eigenvalue weighted by Crippen LogP contribution is 2.54. The molecule has 0 fully saturated rings. The van der Waals surface area contributed by atoms with E-state index < -0.39 is 7.26 Å². The summed E-state index contributed by atoms with van der Waals surface area (Å²) in [6, 6.07) is 32.5. The molecule has 0 aromatic heterocycles. The third kappa shape index (κ3) is 5.54. The molecule has 4 nitrogen and oxygen atoms in total. The van der Waals surface area contributed by atoms with Gasteiger partial charge in [0.25, 0.3) is 0 Å². The van der Waals surface area contributed by atoms with Gasteiger partial charge in [0, 0.05) is 13.6 Å². The van der Waals surface area contributed by atoms with Crippen LogP contribution in [0.3, 0.4) is 0 Å². The van der Waals surface area contributed by atoms with Gasteiger partial charge in [0.05, 0.1) is 25.9 Å². The van der Waals surface area contributed by atoms with Gasteiger partial charge in [-0.05, 0) is 36.4 Å². The van der Waals surface area contributed by atoms with E-state index in [0.29, 0.717) is 26.3 Å². The van der Waals surface area contributed by atoms with Crippen LogP contribution >= 0.6 is 7.26 Å². The van der Waals surface area contributed by atoms with E-state index in [1.165, 1.54) is 15.9 Å². The molecule has 3 aromatic rings. The molecule has 156 valence electrons. The molecule has 0 heterocycles. The maximum atomic E-state index is 11.3. The van der Waals surface area contributed by atoms with Crippen molar-refractivity contribution in [3.63, 3.8) is 0 Å². The summed E-state index contributed by atoms with van der Waals surface area (Å²) in [6.07, 6.45) is 0.931. The summed E-state index contributed by atoms with van der Waals surface area (Å²) in [6.45, 7) is 2.21.